The van der Waals surface area contributed by atoms with E-state index in [4.69, 9.17) is 12.2 Å². The van der Waals surface area contributed by atoms with Crippen molar-refractivity contribution < 1.29 is 0 Å². The second-order valence-corrected chi connectivity index (χ2v) is 7.25. The molecule has 19 heavy (non-hydrogen) atoms. The lowest BCUT2D eigenvalue weighted by Gasteiger charge is -2.15. The molecule has 0 aliphatic carbocycles. The van der Waals surface area contributed by atoms with Crippen LogP contribution in [0.25, 0.3) is 5.69 Å². The predicted molar refractivity (Wildman–Crippen MR) is 87.8 cm³/mol. The maximum atomic E-state index is 5.37. The standard InChI is InChI=1S/C13H17N3S3/c1-3-18-12(19-4-2)11-14-15-13(17)16(11)10-8-6-5-7-9-10/h5-9,12H,3-4H2,1-2H3,(H,15,17). The maximum absolute atomic E-state index is 5.37. The van der Waals surface area contributed by atoms with Crippen LogP contribution in [0.2, 0.25) is 0 Å². The Morgan fingerprint density at radius 1 is 1.21 bits per heavy atom. The van der Waals surface area contributed by atoms with Gasteiger partial charge in [-0.3, -0.25) is 9.67 Å². The van der Waals surface area contributed by atoms with Gasteiger partial charge in [0.25, 0.3) is 0 Å². The number of aromatic nitrogens is 3. The van der Waals surface area contributed by atoms with E-state index in [2.05, 4.69) is 36.2 Å². The van der Waals surface area contributed by atoms with Crippen LogP contribution >= 0.6 is 35.7 Å². The molecule has 1 aromatic carbocycles. The number of thioether (sulfide) groups is 2. The van der Waals surface area contributed by atoms with Gasteiger partial charge in [-0.15, -0.1) is 23.5 Å². The predicted octanol–water partition coefficient (Wildman–Crippen LogP) is 4.43. The van der Waals surface area contributed by atoms with Crippen molar-refractivity contribution in [2.75, 3.05) is 11.5 Å². The van der Waals surface area contributed by atoms with Crippen LogP contribution in [0.4, 0.5) is 0 Å². The third-order valence-electron chi connectivity index (χ3n) is 2.56. The van der Waals surface area contributed by atoms with Crippen LogP contribution < -0.4 is 0 Å². The van der Waals surface area contributed by atoms with E-state index in [0.717, 1.165) is 23.0 Å². The minimum absolute atomic E-state index is 0.308. The Bertz CT molecular complexity index is 556. The molecule has 0 unspecified atom stereocenters. The average molecular weight is 312 g/mol. The molecule has 0 saturated carbocycles. The number of H-pyrrole nitrogens is 1. The van der Waals surface area contributed by atoms with E-state index in [1.807, 2.05) is 46.3 Å². The van der Waals surface area contributed by atoms with E-state index in [1.54, 1.807) is 0 Å². The third-order valence-corrected chi connectivity index (χ3v) is 5.34. The van der Waals surface area contributed by atoms with Gasteiger partial charge in [0, 0.05) is 5.69 Å². The molecule has 0 fully saturated rings. The first-order chi connectivity index (χ1) is 9.27. The molecule has 1 N–H and O–H groups in total. The Morgan fingerprint density at radius 3 is 2.42 bits per heavy atom. The fourth-order valence-corrected chi connectivity index (χ4v) is 4.46. The smallest absolute Gasteiger partial charge is 0.199 e. The largest absolute Gasteiger partial charge is 0.270 e. The van der Waals surface area contributed by atoms with Gasteiger partial charge in [0.2, 0.25) is 0 Å². The van der Waals surface area contributed by atoms with Crippen molar-refractivity contribution in [2.24, 2.45) is 0 Å². The van der Waals surface area contributed by atoms with Gasteiger partial charge in [0.05, 0.1) is 0 Å². The molecule has 0 spiro atoms. The molecule has 1 aromatic heterocycles. The molecular formula is C13H17N3S3. The molecule has 0 saturated heterocycles. The van der Waals surface area contributed by atoms with E-state index >= 15 is 0 Å². The van der Waals surface area contributed by atoms with Crippen LogP contribution in [-0.4, -0.2) is 26.3 Å². The zero-order valence-electron chi connectivity index (χ0n) is 11.0. The number of benzene rings is 1. The van der Waals surface area contributed by atoms with Gasteiger partial charge in [0.1, 0.15) is 4.58 Å². The normalized spacial score (nSPS) is 11.1. The van der Waals surface area contributed by atoms with E-state index < -0.39 is 0 Å². The summed E-state index contributed by atoms with van der Waals surface area (Å²) >= 11 is 9.15. The molecule has 2 aromatic rings. The van der Waals surface area contributed by atoms with Crippen molar-refractivity contribution in [3.05, 3.63) is 40.9 Å². The van der Waals surface area contributed by atoms with Crippen LogP contribution in [-0.2, 0) is 0 Å². The number of rotatable bonds is 6. The quantitative estimate of drug-likeness (QED) is 0.632. The van der Waals surface area contributed by atoms with Crippen molar-refractivity contribution in [1.82, 2.24) is 14.8 Å². The van der Waals surface area contributed by atoms with E-state index in [0.29, 0.717) is 9.35 Å². The lowest BCUT2D eigenvalue weighted by Crippen LogP contribution is -2.04. The van der Waals surface area contributed by atoms with Gasteiger partial charge in [-0.2, -0.15) is 5.10 Å². The van der Waals surface area contributed by atoms with Crippen molar-refractivity contribution in [1.29, 1.82) is 0 Å². The second kappa shape index (κ2) is 7.17. The van der Waals surface area contributed by atoms with Gasteiger partial charge in [-0.05, 0) is 35.9 Å². The van der Waals surface area contributed by atoms with Crippen LogP contribution in [0.5, 0.6) is 0 Å². The molecule has 0 radical (unpaired) electrons. The number of nitrogens with zero attached hydrogens (tertiary/aromatic N) is 2. The summed E-state index contributed by atoms with van der Waals surface area (Å²) in [4.78, 5) is 0. The van der Waals surface area contributed by atoms with Crippen LogP contribution in [0.1, 0.15) is 24.3 Å². The number of para-hydroxylation sites is 1. The molecular weight excluding hydrogens is 294 g/mol. The summed E-state index contributed by atoms with van der Waals surface area (Å²) in [6.45, 7) is 4.34. The molecule has 102 valence electrons. The Morgan fingerprint density at radius 2 is 1.84 bits per heavy atom. The van der Waals surface area contributed by atoms with Gasteiger partial charge < -0.3 is 0 Å². The summed E-state index contributed by atoms with van der Waals surface area (Å²) in [6, 6.07) is 10.1. The summed E-state index contributed by atoms with van der Waals surface area (Å²) < 4.78 is 2.99. The number of nitrogens with one attached hydrogen (secondary N) is 1. The van der Waals surface area contributed by atoms with Gasteiger partial charge in [-0.25, -0.2) is 0 Å². The summed E-state index contributed by atoms with van der Waals surface area (Å²) in [5.41, 5.74) is 1.06. The first-order valence-corrected chi connectivity index (χ1v) is 8.74. The lowest BCUT2D eigenvalue weighted by molar-refractivity contribution is 0.940. The molecule has 3 nitrogen and oxygen atoms in total. The van der Waals surface area contributed by atoms with E-state index in [1.165, 1.54) is 0 Å². The fourth-order valence-electron chi connectivity index (χ4n) is 1.79. The minimum Gasteiger partial charge on any atom is -0.270 e. The first kappa shape index (κ1) is 14.7. The summed E-state index contributed by atoms with van der Waals surface area (Å²) in [6.07, 6.45) is 0. The Balaban J connectivity index is 2.44. The molecule has 0 amide bonds. The van der Waals surface area contributed by atoms with E-state index in [-0.39, 0.29) is 0 Å². The Kier molecular flexibility index (Phi) is 5.54. The highest BCUT2D eigenvalue weighted by atomic mass is 32.2. The molecule has 0 aliphatic heterocycles. The Hall–Kier alpha value is -0.720. The van der Waals surface area contributed by atoms with Crippen molar-refractivity contribution in [3.63, 3.8) is 0 Å². The molecule has 0 aliphatic rings. The Labute approximate surface area is 127 Å². The van der Waals surface area contributed by atoms with Crippen LogP contribution in [0, 0.1) is 4.77 Å². The topological polar surface area (TPSA) is 33.6 Å². The highest BCUT2D eigenvalue weighted by molar-refractivity contribution is 8.16. The third kappa shape index (κ3) is 3.43. The minimum atomic E-state index is 0.308. The lowest BCUT2D eigenvalue weighted by atomic mass is 10.3. The number of hydrogen-bond acceptors (Lipinski definition) is 4. The molecule has 1 heterocycles. The van der Waals surface area contributed by atoms with Crippen molar-refractivity contribution >= 4 is 35.7 Å². The van der Waals surface area contributed by atoms with E-state index in [9.17, 15) is 0 Å². The van der Waals surface area contributed by atoms with Crippen molar-refractivity contribution in [2.45, 2.75) is 18.4 Å². The molecule has 6 heteroatoms. The summed E-state index contributed by atoms with van der Waals surface area (Å²) in [7, 11) is 0. The molecule has 2 rings (SSSR count). The van der Waals surface area contributed by atoms with Gasteiger partial charge in [-0.1, -0.05) is 32.0 Å². The van der Waals surface area contributed by atoms with Crippen LogP contribution in [0.15, 0.2) is 30.3 Å². The fraction of sp³-hybridized carbons (Fsp3) is 0.385. The SMILES string of the molecule is CCSC(SCC)c1n[nH]c(=S)n1-c1ccccc1. The maximum Gasteiger partial charge on any atom is 0.199 e. The number of hydrogen-bond donors (Lipinski definition) is 1. The molecule has 0 atom stereocenters. The zero-order chi connectivity index (χ0) is 13.7. The van der Waals surface area contributed by atoms with Crippen LogP contribution in [0.3, 0.4) is 0 Å². The average Bonchev–Trinajstić information content (AvgIpc) is 2.81. The highest BCUT2D eigenvalue weighted by Gasteiger charge is 2.19. The van der Waals surface area contributed by atoms with Crippen molar-refractivity contribution in [3.8, 4) is 5.69 Å². The zero-order valence-corrected chi connectivity index (χ0v) is 13.4. The second-order valence-electron chi connectivity index (χ2n) is 3.80. The molecule has 0 bridgehead atoms. The van der Waals surface area contributed by atoms with Gasteiger partial charge >= 0.3 is 0 Å². The highest BCUT2D eigenvalue weighted by Crippen LogP contribution is 2.38. The first-order valence-electron chi connectivity index (χ1n) is 6.23. The summed E-state index contributed by atoms with van der Waals surface area (Å²) in [5.74, 6) is 3.12. The number of aromatic amines is 1. The van der Waals surface area contributed by atoms with Gasteiger partial charge in [0.15, 0.2) is 10.6 Å². The summed E-state index contributed by atoms with van der Waals surface area (Å²) in [5, 5.41) is 7.36. The monoisotopic (exact) mass is 311 g/mol.